The Morgan fingerprint density at radius 3 is 3.00 bits per heavy atom. The zero-order chi connectivity index (χ0) is 13.1. The average molecular weight is 248 g/mol. The topological polar surface area (TPSA) is 83.8 Å². The monoisotopic (exact) mass is 248 g/mol. The molecule has 0 bridgehead atoms. The van der Waals surface area contributed by atoms with Crippen molar-refractivity contribution in [2.24, 2.45) is 0 Å². The van der Waals surface area contributed by atoms with Gasteiger partial charge in [-0.3, -0.25) is 9.89 Å². The number of rotatable bonds is 3. The van der Waals surface area contributed by atoms with Crippen molar-refractivity contribution in [1.82, 2.24) is 10.2 Å². The average Bonchev–Trinajstić information content (AvgIpc) is 2.79. The first-order chi connectivity index (χ1) is 8.61. The molecule has 2 aromatic rings. The van der Waals surface area contributed by atoms with Crippen LogP contribution >= 0.6 is 0 Å². The number of benzene rings is 1. The van der Waals surface area contributed by atoms with E-state index in [2.05, 4.69) is 15.5 Å². The Hall–Kier alpha value is -2.37. The van der Waals surface area contributed by atoms with Gasteiger partial charge in [0.25, 0.3) is 5.91 Å². The van der Waals surface area contributed by atoms with Crippen LogP contribution < -0.4 is 11.1 Å². The molecule has 0 aliphatic rings. The summed E-state index contributed by atoms with van der Waals surface area (Å²) in [7, 11) is 0. The van der Waals surface area contributed by atoms with Gasteiger partial charge < -0.3 is 11.1 Å². The number of H-pyrrole nitrogens is 1. The van der Waals surface area contributed by atoms with Gasteiger partial charge in [0.05, 0.1) is 11.9 Å². The largest absolute Gasteiger partial charge is 0.396 e. The van der Waals surface area contributed by atoms with E-state index in [0.29, 0.717) is 5.82 Å². The number of nitrogens with one attached hydrogen (secondary N) is 2. The van der Waals surface area contributed by atoms with Gasteiger partial charge in [-0.2, -0.15) is 5.10 Å². The number of anilines is 2. The summed E-state index contributed by atoms with van der Waals surface area (Å²) in [4.78, 5) is 11.9. The summed E-state index contributed by atoms with van der Waals surface area (Å²) in [5, 5.41) is 9.16. The summed E-state index contributed by atoms with van der Waals surface area (Å²) in [6.45, 7) is 1.95. The Morgan fingerprint density at radius 1 is 1.56 bits per heavy atom. The maximum Gasteiger partial charge on any atom is 0.256 e. The molecule has 18 heavy (non-hydrogen) atoms. The second-order valence-corrected chi connectivity index (χ2v) is 3.81. The molecule has 1 amide bonds. The fraction of sp³-hybridized carbons (Fsp3) is 0.167. The van der Waals surface area contributed by atoms with Crippen molar-refractivity contribution >= 4 is 17.4 Å². The number of amides is 1. The van der Waals surface area contributed by atoms with Crippen molar-refractivity contribution < 1.29 is 9.18 Å². The first kappa shape index (κ1) is 12.1. The fourth-order valence-corrected chi connectivity index (χ4v) is 1.54. The molecule has 0 atom stereocenters. The number of hydrogen-bond acceptors (Lipinski definition) is 3. The highest BCUT2D eigenvalue weighted by molar-refractivity contribution is 6.04. The molecule has 0 saturated heterocycles. The predicted molar refractivity (Wildman–Crippen MR) is 66.7 cm³/mol. The number of aromatic nitrogens is 2. The molecular formula is C12H13FN4O. The van der Waals surface area contributed by atoms with E-state index >= 15 is 0 Å². The highest BCUT2D eigenvalue weighted by Gasteiger charge is 2.11. The highest BCUT2D eigenvalue weighted by atomic mass is 19.1. The molecule has 0 spiro atoms. The van der Waals surface area contributed by atoms with Gasteiger partial charge in [-0.25, -0.2) is 4.39 Å². The minimum atomic E-state index is -0.608. The first-order valence-electron chi connectivity index (χ1n) is 5.50. The maximum absolute atomic E-state index is 13.2. The van der Waals surface area contributed by atoms with Crippen LogP contribution in [0.3, 0.4) is 0 Å². The van der Waals surface area contributed by atoms with Gasteiger partial charge in [0.2, 0.25) is 0 Å². The van der Waals surface area contributed by atoms with E-state index < -0.39 is 11.7 Å². The number of carbonyl (C=O) groups is 1. The van der Waals surface area contributed by atoms with Crippen LogP contribution in [0.4, 0.5) is 15.9 Å². The molecule has 0 radical (unpaired) electrons. The lowest BCUT2D eigenvalue weighted by Crippen LogP contribution is -2.13. The van der Waals surface area contributed by atoms with Gasteiger partial charge in [-0.05, 0) is 24.6 Å². The van der Waals surface area contributed by atoms with Crippen LogP contribution in [-0.4, -0.2) is 16.1 Å². The van der Waals surface area contributed by atoms with Crippen molar-refractivity contribution in [2.75, 3.05) is 11.1 Å². The van der Waals surface area contributed by atoms with E-state index in [-0.39, 0.29) is 11.3 Å². The van der Waals surface area contributed by atoms with E-state index in [1.165, 1.54) is 12.1 Å². The van der Waals surface area contributed by atoms with Crippen LogP contribution in [0.5, 0.6) is 0 Å². The molecule has 4 N–H and O–H groups in total. The Morgan fingerprint density at radius 2 is 2.33 bits per heavy atom. The smallest absolute Gasteiger partial charge is 0.256 e. The second-order valence-electron chi connectivity index (χ2n) is 3.81. The number of nitrogens with two attached hydrogens (primary N) is 1. The lowest BCUT2D eigenvalue weighted by molar-refractivity contribution is 0.102. The van der Waals surface area contributed by atoms with Gasteiger partial charge in [0.15, 0.2) is 0 Å². The molecule has 0 aliphatic heterocycles. The molecule has 2 rings (SSSR count). The molecule has 1 aromatic carbocycles. The number of carbonyl (C=O) groups excluding carboxylic acids is 1. The zero-order valence-electron chi connectivity index (χ0n) is 9.83. The van der Waals surface area contributed by atoms with E-state index in [1.54, 1.807) is 6.20 Å². The van der Waals surface area contributed by atoms with Gasteiger partial charge in [-0.1, -0.05) is 6.92 Å². The van der Waals surface area contributed by atoms with Crippen LogP contribution in [0.2, 0.25) is 0 Å². The lowest BCUT2D eigenvalue weighted by Gasteiger charge is -2.05. The molecule has 0 saturated carbocycles. The van der Waals surface area contributed by atoms with Gasteiger partial charge >= 0.3 is 0 Å². The van der Waals surface area contributed by atoms with Gasteiger partial charge in [0.1, 0.15) is 11.6 Å². The van der Waals surface area contributed by atoms with Crippen LogP contribution in [0, 0.1) is 5.82 Å². The number of nitrogen functional groups attached to an aromatic ring is 1. The number of aromatic amines is 1. The van der Waals surface area contributed by atoms with Crippen molar-refractivity contribution in [3.8, 4) is 0 Å². The van der Waals surface area contributed by atoms with Gasteiger partial charge in [-0.15, -0.1) is 0 Å². The molecule has 0 unspecified atom stereocenters. The molecule has 5 nitrogen and oxygen atoms in total. The third-order valence-electron chi connectivity index (χ3n) is 2.60. The number of aryl methyl sites for hydroxylation is 1. The normalized spacial score (nSPS) is 10.3. The lowest BCUT2D eigenvalue weighted by atomic mass is 10.2. The molecule has 94 valence electrons. The summed E-state index contributed by atoms with van der Waals surface area (Å²) in [6, 6.07) is 3.93. The maximum atomic E-state index is 13.2. The minimum absolute atomic E-state index is 0.0161. The van der Waals surface area contributed by atoms with E-state index in [4.69, 9.17) is 5.73 Å². The Bertz CT molecular complexity index is 579. The van der Waals surface area contributed by atoms with E-state index in [0.717, 1.165) is 18.1 Å². The fourth-order valence-electron chi connectivity index (χ4n) is 1.54. The molecule has 6 heteroatoms. The van der Waals surface area contributed by atoms with E-state index in [1.807, 2.05) is 6.92 Å². The standard InChI is InChI=1S/C12H13FN4O/c1-2-7-6-15-17-11(7)16-12(18)8-3-4-10(14)9(13)5-8/h3-6H,2,14H2,1H3,(H2,15,16,17,18). The summed E-state index contributed by atoms with van der Waals surface area (Å²) < 4.78 is 13.2. The predicted octanol–water partition coefficient (Wildman–Crippen LogP) is 1.95. The molecule has 1 heterocycles. The Kier molecular flexibility index (Phi) is 3.27. The summed E-state index contributed by atoms with van der Waals surface area (Å²) >= 11 is 0. The highest BCUT2D eigenvalue weighted by Crippen LogP contribution is 2.15. The van der Waals surface area contributed by atoms with Crippen LogP contribution in [-0.2, 0) is 6.42 Å². The molecule has 1 aromatic heterocycles. The number of halogens is 1. The van der Waals surface area contributed by atoms with Crippen LogP contribution in [0.1, 0.15) is 22.8 Å². The molecule has 0 fully saturated rings. The van der Waals surface area contributed by atoms with Gasteiger partial charge in [0, 0.05) is 11.1 Å². The first-order valence-corrected chi connectivity index (χ1v) is 5.50. The summed E-state index contributed by atoms with van der Waals surface area (Å²) in [6.07, 6.45) is 2.38. The zero-order valence-corrected chi connectivity index (χ0v) is 9.83. The third kappa shape index (κ3) is 2.32. The second kappa shape index (κ2) is 4.87. The van der Waals surface area contributed by atoms with Crippen LogP contribution in [0.15, 0.2) is 24.4 Å². The van der Waals surface area contributed by atoms with Crippen LogP contribution in [0.25, 0.3) is 0 Å². The van der Waals surface area contributed by atoms with Crippen molar-refractivity contribution in [3.05, 3.63) is 41.3 Å². The Labute approximate surface area is 103 Å². The quantitative estimate of drug-likeness (QED) is 0.726. The van der Waals surface area contributed by atoms with E-state index in [9.17, 15) is 9.18 Å². The Balaban J connectivity index is 2.19. The van der Waals surface area contributed by atoms with Crippen molar-refractivity contribution in [1.29, 1.82) is 0 Å². The summed E-state index contributed by atoms with van der Waals surface area (Å²) in [5.74, 6) is -0.490. The number of hydrogen-bond donors (Lipinski definition) is 3. The molecular weight excluding hydrogens is 235 g/mol. The number of nitrogens with zero attached hydrogens (tertiary/aromatic N) is 1. The minimum Gasteiger partial charge on any atom is -0.396 e. The SMILES string of the molecule is CCc1cn[nH]c1NC(=O)c1ccc(N)c(F)c1. The van der Waals surface area contributed by atoms with Crippen molar-refractivity contribution in [2.45, 2.75) is 13.3 Å². The third-order valence-corrected chi connectivity index (χ3v) is 2.60. The summed E-state index contributed by atoms with van der Waals surface area (Å²) in [5.41, 5.74) is 6.46. The molecule has 0 aliphatic carbocycles. The van der Waals surface area contributed by atoms with Crippen molar-refractivity contribution in [3.63, 3.8) is 0 Å².